The van der Waals surface area contributed by atoms with Gasteiger partial charge < -0.3 is 4.74 Å². The first-order valence-electron chi connectivity index (χ1n) is 6.25. The number of hydrogen-bond donors (Lipinski definition) is 0. The zero-order valence-corrected chi connectivity index (χ0v) is 13.0. The van der Waals surface area contributed by atoms with Crippen LogP contribution in [0, 0.1) is 6.92 Å². The Labute approximate surface area is 125 Å². The Morgan fingerprint density at radius 1 is 1.37 bits per heavy atom. The molecule has 0 aliphatic heterocycles. The third-order valence-corrected chi connectivity index (χ3v) is 5.06. The predicted molar refractivity (Wildman–Crippen MR) is 85.2 cm³/mol. The smallest absolute Gasteiger partial charge is 0.129 e. The van der Waals surface area contributed by atoms with Crippen LogP contribution in [0.1, 0.15) is 17.8 Å². The Bertz CT molecular complexity index is 704. The summed E-state index contributed by atoms with van der Waals surface area (Å²) in [5.74, 6) is 1.67. The second-order valence-corrected chi connectivity index (χ2v) is 6.89. The second-order valence-electron chi connectivity index (χ2n) is 4.36. The number of rotatable bonds is 5. The molecule has 2 heterocycles. The number of hydrogen-bond acceptors (Lipinski definition) is 4. The summed E-state index contributed by atoms with van der Waals surface area (Å²) in [5.41, 5.74) is 1.11. The van der Waals surface area contributed by atoms with Crippen molar-refractivity contribution in [1.29, 1.82) is 0 Å². The lowest BCUT2D eigenvalue weighted by atomic mass is 10.2. The van der Waals surface area contributed by atoms with Crippen molar-refractivity contribution < 1.29 is 4.74 Å². The van der Waals surface area contributed by atoms with Crippen LogP contribution in [0.2, 0.25) is 0 Å². The molecular weight excluding hydrogens is 298 g/mol. The van der Waals surface area contributed by atoms with Gasteiger partial charge in [0.05, 0.1) is 26.5 Å². The van der Waals surface area contributed by atoms with E-state index in [4.69, 9.17) is 16.3 Å². The van der Waals surface area contributed by atoms with Crippen LogP contribution in [0.4, 0.5) is 0 Å². The highest BCUT2D eigenvalue weighted by molar-refractivity contribution is 7.21. The molecule has 0 N–H and O–H groups in total. The van der Waals surface area contributed by atoms with Crippen molar-refractivity contribution >= 4 is 54.6 Å². The Morgan fingerprint density at radius 2 is 2.26 bits per heavy atom. The van der Waals surface area contributed by atoms with Gasteiger partial charge in [0, 0.05) is 17.3 Å². The molecule has 0 fully saturated rings. The molecule has 5 heteroatoms. The van der Waals surface area contributed by atoms with Crippen LogP contribution >= 0.6 is 34.3 Å². The Kier molecular flexibility index (Phi) is 3.91. The zero-order valence-electron chi connectivity index (χ0n) is 10.6. The normalized spacial score (nSPS) is 11.5. The number of halogens is 1. The molecule has 3 aromatic rings. The van der Waals surface area contributed by atoms with Gasteiger partial charge in [0.15, 0.2) is 0 Å². The number of unbranched alkanes of at least 4 members (excludes halogenated alkanes) is 1. The van der Waals surface area contributed by atoms with Crippen molar-refractivity contribution in [2.75, 3.05) is 12.5 Å². The standard InChI is InChI=1S/C14H14ClNOS2/c1-9-16-13-12(19-9)8-11(17-6-3-2-5-15)10-4-7-18-14(10)13/h4,7-8H,2-3,5-6H2,1H3. The van der Waals surface area contributed by atoms with Crippen LogP contribution in [0.3, 0.4) is 0 Å². The number of ether oxygens (including phenoxy) is 1. The highest BCUT2D eigenvalue weighted by Gasteiger charge is 2.12. The summed E-state index contributed by atoms with van der Waals surface area (Å²) in [6, 6.07) is 4.24. The predicted octanol–water partition coefficient (Wildman–Crippen LogP) is 5.22. The average Bonchev–Trinajstić information content (AvgIpc) is 2.99. The summed E-state index contributed by atoms with van der Waals surface area (Å²) in [7, 11) is 0. The van der Waals surface area contributed by atoms with Gasteiger partial charge in [-0.1, -0.05) is 0 Å². The molecule has 0 radical (unpaired) electrons. The topological polar surface area (TPSA) is 22.1 Å². The SMILES string of the molecule is Cc1nc2c(cc(OCCCCCl)c3ccsc32)s1. The van der Waals surface area contributed by atoms with E-state index in [0.29, 0.717) is 5.88 Å². The first kappa shape index (κ1) is 13.2. The summed E-state index contributed by atoms with van der Waals surface area (Å²) >= 11 is 9.14. The van der Waals surface area contributed by atoms with Crippen LogP contribution in [0.25, 0.3) is 20.3 Å². The summed E-state index contributed by atoms with van der Waals surface area (Å²) in [4.78, 5) is 4.62. The lowest BCUT2D eigenvalue weighted by molar-refractivity contribution is 0.313. The molecule has 0 spiro atoms. The van der Waals surface area contributed by atoms with Gasteiger partial charge in [0.1, 0.15) is 5.75 Å². The van der Waals surface area contributed by atoms with Crippen LogP contribution in [-0.2, 0) is 0 Å². The first-order valence-corrected chi connectivity index (χ1v) is 8.49. The monoisotopic (exact) mass is 311 g/mol. The van der Waals surface area contributed by atoms with Gasteiger partial charge in [0.25, 0.3) is 0 Å². The molecule has 2 nitrogen and oxygen atoms in total. The fraction of sp³-hybridized carbons (Fsp3) is 0.357. The Hall–Kier alpha value is -0.840. The fourth-order valence-electron chi connectivity index (χ4n) is 2.08. The van der Waals surface area contributed by atoms with E-state index in [1.807, 2.05) is 6.92 Å². The minimum Gasteiger partial charge on any atom is -0.493 e. The summed E-state index contributed by atoms with van der Waals surface area (Å²) < 4.78 is 8.36. The first-order chi connectivity index (χ1) is 9.29. The molecule has 0 amide bonds. The van der Waals surface area contributed by atoms with Gasteiger partial charge in [-0.05, 0) is 31.2 Å². The number of fused-ring (bicyclic) bond motifs is 3. The average molecular weight is 312 g/mol. The van der Waals surface area contributed by atoms with E-state index in [-0.39, 0.29) is 0 Å². The van der Waals surface area contributed by atoms with Crippen molar-refractivity contribution in [3.05, 3.63) is 22.5 Å². The van der Waals surface area contributed by atoms with Crippen LogP contribution in [0.15, 0.2) is 17.5 Å². The van der Waals surface area contributed by atoms with Crippen LogP contribution in [-0.4, -0.2) is 17.5 Å². The van der Waals surface area contributed by atoms with Gasteiger partial charge in [-0.15, -0.1) is 34.3 Å². The number of thiophene rings is 1. The third kappa shape index (κ3) is 2.57. The van der Waals surface area contributed by atoms with Gasteiger partial charge in [-0.2, -0.15) is 0 Å². The highest BCUT2D eigenvalue weighted by atomic mass is 35.5. The van der Waals surface area contributed by atoms with Gasteiger partial charge >= 0.3 is 0 Å². The van der Waals surface area contributed by atoms with Gasteiger partial charge in [0.2, 0.25) is 0 Å². The van der Waals surface area contributed by atoms with Crippen molar-refractivity contribution in [2.24, 2.45) is 0 Å². The molecule has 2 aromatic heterocycles. The molecule has 0 saturated heterocycles. The molecule has 0 aliphatic carbocycles. The molecule has 0 saturated carbocycles. The third-order valence-electron chi connectivity index (χ3n) is 2.95. The maximum atomic E-state index is 5.92. The zero-order chi connectivity index (χ0) is 13.2. The molecule has 19 heavy (non-hydrogen) atoms. The summed E-state index contributed by atoms with van der Waals surface area (Å²) in [6.07, 6.45) is 1.99. The molecule has 0 atom stereocenters. The van der Waals surface area contributed by atoms with E-state index in [0.717, 1.165) is 35.7 Å². The summed E-state index contributed by atoms with van der Waals surface area (Å²) in [6.45, 7) is 2.77. The van der Waals surface area contributed by atoms with Crippen molar-refractivity contribution in [3.63, 3.8) is 0 Å². The van der Waals surface area contributed by atoms with E-state index in [1.54, 1.807) is 22.7 Å². The lowest BCUT2D eigenvalue weighted by Crippen LogP contribution is -1.97. The Morgan fingerprint density at radius 3 is 3.11 bits per heavy atom. The molecule has 100 valence electrons. The van der Waals surface area contributed by atoms with E-state index >= 15 is 0 Å². The largest absolute Gasteiger partial charge is 0.493 e. The summed E-state index contributed by atoms with van der Waals surface area (Å²) in [5, 5.41) is 4.38. The quantitative estimate of drug-likeness (QED) is 0.476. The lowest BCUT2D eigenvalue weighted by Gasteiger charge is -2.07. The van der Waals surface area contributed by atoms with E-state index in [9.17, 15) is 0 Å². The van der Waals surface area contributed by atoms with Crippen molar-refractivity contribution in [3.8, 4) is 5.75 Å². The van der Waals surface area contributed by atoms with E-state index in [2.05, 4.69) is 22.5 Å². The number of alkyl halides is 1. The minimum atomic E-state index is 0.699. The second kappa shape index (κ2) is 5.65. The van der Waals surface area contributed by atoms with Gasteiger partial charge in [-0.3, -0.25) is 0 Å². The van der Waals surface area contributed by atoms with E-state index in [1.165, 1.54) is 14.8 Å². The van der Waals surface area contributed by atoms with Crippen molar-refractivity contribution in [1.82, 2.24) is 4.98 Å². The highest BCUT2D eigenvalue weighted by Crippen LogP contribution is 2.38. The maximum absolute atomic E-state index is 5.92. The molecule has 3 rings (SSSR count). The molecule has 1 aromatic carbocycles. The minimum absolute atomic E-state index is 0.699. The molecular formula is C14H14ClNOS2. The molecule has 0 aliphatic rings. The van der Waals surface area contributed by atoms with Crippen LogP contribution < -0.4 is 4.74 Å². The Balaban J connectivity index is 1.99. The van der Waals surface area contributed by atoms with Gasteiger partial charge in [-0.25, -0.2) is 4.98 Å². The van der Waals surface area contributed by atoms with E-state index < -0.39 is 0 Å². The number of aromatic nitrogens is 1. The number of benzene rings is 1. The fourth-order valence-corrected chi connectivity index (χ4v) is 4.11. The van der Waals surface area contributed by atoms with Crippen LogP contribution in [0.5, 0.6) is 5.75 Å². The maximum Gasteiger partial charge on any atom is 0.129 e. The number of aryl methyl sites for hydroxylation is 1. The number of nitrogens with zero attached hydrogens (tertiary/aromatic N) is 1. The van der Waals surface area contributed by atoms with Crippen molar-refractivity contribution in [2.45, 2.75) is 19.8 Å². The molecule has 0 unspecified atom stereocenters. The number of thiazole rings is 1. The molecule has 0 bridgehead atoms.